The van der Waals surface area contributed by atoms with E-state index < -0.39 is 6.04 Å². The Morgan fingerprint density at radius 2 is 1.91 bits per heavy atom. The number of hydrogen-bond acceptors (Lipinski definition) is 3. The molecule has 1 saturated carbocycles. The molecule has 0 aliphatic heterocycles. The van der Waals surface area contributed by atoms with E-state index in [1.54, 1.807) is 31.2 Å². The van der Waals surface area contributed by atoms with E-state index in [-0.39, 0.29) is 23.8 Å². The maximum absolute atomic E-state index is 12.0. The third kappa shape index (κ3) is 5.43. The molecule has 1 aromatic rings. The monoisotopic (exact) mass is 338 g/mol. The number of carbonyl (C=O) groups excluding carboxylic acids is 2. The molecule has 0 aromatic heterocycles. The Morgan fingerprint density at radius 3 is 2.48 bits per heavy atom. The van der Waals surface area contributed by atoms with Gasteiger partial charge in [0.05, 0.1) is 6.54 Å². The molecule has 0 radical (unpaired) electrons. The lowest BCUT2D eigenvalue weighted by Gasteiger charge is -2.26. The molecular formula is C17H23ClN2O3. The Balaban J connectivity index is 1.69. The first-order valence-electron chi connectivity index (χ1n) is 7.96. The first-order valence-corrected chi connectivity index (χ1v) is 8.34. The van der Waals surface area contributed by atoms with Gasteiger partial charge in [-0.2, -0.15) is 0 Å². The minimum Gasteiger partial charge on any atom is -0.489 e. The summed E-state index contributed by atoms with van der Waals surface area (Å²) in [7, 11) is 0. The van der Waals surface area contributed by atoms with Crippen LogP contribution in [0.4, 0.5) is 0 Å². The van der Waals surface area contributed by atoms with Gasteiger partial charge in [0.25, 0.3) is 0 Å². The smallest absolute Gasteiger partial charge is 0.242 e. The zero-order valence-corrected chi connectivity index (χ0v) is 14.2. The van der Waals surface area contributed by atoms with Crippen molar-refractivity contribution in [1.82, 2.24) is 10.6 Å². The fourth-order valence-electron chi connectivity index (χ4n) is 2.25. The van der Waals surface area contributed by atoms with Crippen LogP contribution >= 0.6 is 11.6 Å². The van der Waals surface area contributed by atoms with Gasteiger partial charge in [-0.25, -0.2) is 0 Å². The molecule has 1 aliphatic rings. The summed E-state index contributed by atoms with van der Waals surface area (Å²) in [4.78, 5) is 23.8. The molecule has 5 nitrogen and oxygen atoms in total. The minimum atomic E-state index is -0.536. The van der Waals surface area contributed by atoms with Crippen molar-refractivity contribution < 1.29 is 14.3 Å². The van der Waals surface area contributed by atoms with Crippen LogP contribution in [0.1, 0.15) is 33.1 Å². The van der Waals surface area contributed by atoms with Gasteiger partial charge in [0, 0.05) is 10.9 Å². The highest BCUT2D eigenvalue weighted by Crippen LogP contribution is 2.26. The number of halogens is 1. The molecule has 2 rings (SSSR count). The van der Waals surface area contributed by atoms with Crippen molar-refractivity contribution in [2.24, 2.45) is 5.92 Å². The van der Waals surface area contributed by atoms with E-state index in [2.05, 4.69) is 10.6 Å². The van der Waals surface area contributed by atoms with E-state index in [1.807, 2.05) is 6.92 Å². The second-order valence-electron chi connectivity index (χ2n) is 5.99. The van der Waals surface area contributed by atoms with Gasteiger partial charge in [-0.15, -0.1) is 0 Å². The van der Waals surface area contributed by atoms with E-state index in [0.717, 1.165) is 19.3 Å². The topological polar surface area (TPSA) is 67.4 Å². The van der Waals surface area contributed by atoms with Crippen molar-refractivity contribution in [2.75, 3.05) is 6.54 Å². The zero-order valence-electron chi connectivity index (χ0n) is 13.5. The number of benzene rings is 1. The van der Waals surface area contributed by atoms with Crippen LogP contribution in [0, 0.1) is 5.92 Å². The van der Waals surface area contributed by atoms with Gasteiger partial charge < -0.3 is 15.4 Å². The fourth-order valence-corrected chi connectivity index (χ4v) is 2.38. The molecule has 0 bridgehead atoms. The molecule has 0 heterocycles. The van der Waals surface area contributed by atoms with E-state index >= 15 is 0 Å². The van der Waals surface area contributed by atoms with E-state index in [4.69, 9.17) is 16.3 Å². The van der Waals surface area contributed by atoms with Crippen molar-refractivity contribution in [3.8, 4) is 5.75 Å². The summed E-state index contributed by atoms with van der Waals surface area (Å²) in [5.41, 5.74) is 0. The Labute approximate surface area is 141 Å². The van der Waals surface area contributed by atoms with Crippen LogP contribution in [0.15, 0.2) is 24.3 Å². The first kappa shape index (κ1) is 17.6. The van der Waals surface area contributed by atoms with Gasteiger partial charge in [-0.05, 0) is 51.0 Å². The summed E-state index contributed by atoms with van der Waals surface area (Å²) in [5.74, 6) is 0.550. The molecule has 6 heteroatoms. The molecule has 1 aromatic carbocycles. The third-order valence-electron chi connectivity index (χ3n) is 3.94. The lowest BCUT2D eigenvalue weighted by molar-refractivity contribution is -0.132. The Morgan fingerprint density at radius 1 is 1.26 bits per heavy atom. The SMILES string of the molecule is C[C@@H](CNC(=O)[C@@H](C)NC(=O)C1CCC1)Oc1ccc(Cl)cc1. The van der Waals surface area contributed by atoms with Crippen LogP contribution in [-0.4, -0.2) is 30.5 Å². The molecule has 2 atom stereocenters. The molecule has 0 saturated heterocycles. The molecule has 0 unspecified atom stereocenters. The molecular weight excluding hydrogens is 316 g/mol. The summed E-state index contributed by atoms with van der Waals surface area (Å²) in [6, 6.07) is 6.52. The fraction of sp³-hybridized carbons (Fsp3) is 0.529. The highest BCUT2D eigenvalue weighted by molar-refractivity contribution is 6.30. The quantitative estimate of drug-likeness (QED) is 0.802. The second kappa shape index (κ2) is 8.20. The number of carbonyl (C=O) groups is 2. The lowest BCUT2D eigenvalue weighted by Crippen LogP contribution is -2.49. The molecule has 2 amide bonds. The maximum Gasteiger partial charge on any atom is 0.242 e. The zero-order chi connectivity index (χ0) is 16.8. The van der Waals surface area contributed by atoms with Crippen LogP contribution < -0.4 is 15.4 Å². The predicted octanol–water partition coefficient (Wildman–Crippen LogP) is 2.53. The number of nitrogens with one attached hydrogen (secondary N) is 2. The molecule has 0 spiro atoms. The predicted molar refractivity (Wildman–Crippen MR) is 89.5 cm³/mol. The van der Waals surface area contributed by atoms with Crippen molar-refractivity contribution in [1.29, 1.82) is 0 Å². The molecule has 1 aliphatic carbocycles. The number of hydrogen-bond donors (Lipinski definition) is 2. The van der Waals surface area contributed by atoms with Gasteiger partial charge in [0.2, 0.25) is 11.8 Å². The van der Waals surface area contributed by atoms with Gasteiger partial charge in [0.1, 0.15) is 17.9 Å². The van der Waals surface area contributed by atoms with Crippen LogP contribution in [0.5, 0.6) is 5.75 Å². The normalized spacial score (nSPS) is 16.8. The second-order valence-corrected chi connectivity index (χ2v) is 6.42. The molecule has 23 heavy (non-hydrogen) atoms. The van der Waals surface area contributed by atoms with Crippen LogP contribution in [0.3, 0.4) is 0 Å². The van der Waals surface area contributed by atoms with Gasteiger partial charge in [-0.3, -0.25) is 9.59 Å². The highest BCUT2D eigenvalue weighted by atomic mass is 35.5. The number of amides is 2. The molecule has 126 valence electrons. The van der Waals surface area contributed by atoms with Crippen molar-refractivity contribution in [2.45, 2.75) is 45.3 Å². The minimum absolute atomic E-state index is 0.0237. The van der Waals surface area contributed by atoms with Crippen molar-refractivity contribution in [3.05, 3.63) is 29.3 Å². The molecule has 1 fully saturated rings. The summed E-state index contributed by atoms with van der Waals surface area (Å²) < 4.78 is 5.68. The average molecular weight is 339 g/mol. The van der Waals surface area contributed by atoms with Gasteiger partial charge in [0.15, 0.2) is 0 Å². The van der Waals surface area contributed by atoms with Crippen LogP contribution in [0.25, 0.3) is 0 Å². The van der Waals surface area contributed by atoms with Crippen LogP contribution in [0.2, 0.25) is 5.02 Å². The van der Waals surface area contributed by atoms with Gasteiger partial charge in [-0.1, -0.05) is 18.0 Å². The van der Waals surface area contributed by atoms with E-state index in [1.165, 1.54) is 0 Å². The molecule has 2 N–H and O–H groups in total. The number of rotatable bonds is 7. The standard InChI is InChI=1S/C17H23ClN2O3/c1-11(23-15-8-6-14(18)7-9-15)10-19-16(21)12(2)20-17(22)13-4-3-5-13/h6-9,11-13H,3-5,10H2,1-2H3,(H,19,21)(H,20,22)/t11-,12+/m0/s1. The summed E-state index contributed by atoms with van der Waals surface area (Å²) >= 11 is 5.82. The van der Waals surface area contributed by atoms with Crippen molar-refractivity contribution in [3.63, 3.8) is 0 Å². The van der Waals surface area contributed by atoms with E-state index in [9.17, 15) is 9.59 Å². The van der Waals surface area contributed by atoms with Crippen LogP contribution in [-0.2, 0) is 9.59 Å². The van der Waals surface area contributed by atoms with Crippen molar-refractivity contribution >= 4 is 23.4 Å². The lowest BCUT2D eigenvalue weighted by atomic mass is 9.84. The summed E-state index contributed by atoms with van der Waals surface area (Å²) in [5, 5.41) is 6.19. The Bertz CT molecular complexity index is 543. The first-order chi connectivity index (χ1) is 11.0. The largest absolute Gasteiger partial charge is 0.489 e. The van der Waals surface area contributed by atoms with E-state index in [0.29, 0.717) is 17.3 Å². The Kier molecular flexibility index (Phi) is 6.28. The number of ether oxygens (including phenoxy) is 1. The summed E-state index contributed by atoms with van der Waals surface area (Å²) in [6.07, 6.45) is 2.76. The summed E-state index contributed by atoms with van der Waals surface area (Å²) in [6.45, 7) is 3.92. The third-order valence-corrected chi connectivity index (χ3v) is 4.19. The highest BCUT2D eigenvalue weighted by Gasteiger charge is 2.27. The average Bonchev–Trinajstić information content (AvgIpc) is 2.45. The van der Waals surface area contributed by atoms with Gasteiger partial charge >= 0.3 is 0 Å². The Hall–Kier alpha value is -1.75. The maximum atomic E-state index is 12.0.